The van der Waals surface area contributed by atoms with Crippen LogP contribution in [0.4, 0.5) is 0 Å². The van der Waals surface area contributed by atoms with E-state index in [0.717, 1.165) is 15.9 Å². The summed E-state index contributed by atoms with van der Waals surface area (Å²) in [6, 6.07) is 1.38. The molecule has 0 fully saturated rings. The Morgan fingerprint density at radius 3 is 2.47 bits per heavy atom. The molecule has 1 atom stereocenters. The molecule has 0 saturated carbocycles. The summed E-state index contributed by atoms with van der Waals surface area (Å²) in [5.41, 5.74) is -0.310. The standard InChI is InChI=1S/C13H16N2O4/c1-6-5-10(9(4)19-6)8(3)15-12(17)7(2)11(16)14-13(15)18/h5,8,17H,1-4H3,(H,14,16,18). The highest BCUT2D eigenvalue weighted by Gasteiger charge is 2.20. The molecule has 0 saturated heterocycles. The van der Waals surface area contributed by atoms with Crippen LogP contribution in [0.25, 0.3) is 0 Å². The quantitative estimate of drug-likeness (QED) is 0.857. The first-order chi connectivity index (χ1) is 8.82. The number of aryl methyl sites for hydroxylation is 2. The fraction of sp³-hybridized carbons (Fsp3) is 0.385. The normalized spacial score (nSPS) is 12.6. The molecular weight excluding hydrogens is 248 g/mol. The van der Waals surface area contributed by atoms with Crippen molar-refractivity contribution in [3.05, 3.63) is 49.6 Å². The molecule has 102 valence electrons. The zero-order valence-electron chi connectivity index (χ0n) is 11.3. The molecule has 0 radical (unpaired) electrons. The number of H-pyrrole nitrogens is 1. The van der Waals surface area contributed by atoms with E-state index in [0.29, 0.717) is 5.76 Å². The smallest absolute Gasteiger partial charge is 0.331 e. The number of hydrogen-bond donors (Lipinski definition) is 2. The minimum atomic E-state index is -0.640. The lowest BCUT2D eigenvalue weighted by Gasteiger charge is -2.16. The van der Waals surface area contributed by atoms with E-state index < -0.39 is 17.3 Å². The van der Waals surface area contributed by atoms with Crippen molar-refractivity contribution < 1.29 is 9.52 Å². The third-order valence-corrected chi connectivity index (χ3v) is 3.26. The minimum absolute atomic E-state index is 0.115. The summed E-state index contributed by atoms with van der Waals surface area (Å²) in [7, 11) is 0. The van der Waals surface area contributed by atoms with Crippen LogP contribution in [0.2, 0.25) is 0 Å². The summed E-state index contributed by atoms with van der Waals surface area (Å²) in [5.74, 6) is 1.09. The number of rotatable bonds is 2. The maximum atomic E-state index is 11.9. The second-order valence-corrected chi connectivity index (χ2v) is 4.62. The van der Waals surface area contributed by atoms with Crippen LogP contribution >= 0.6 is 0 Å². The van der Waals surface area contributed by atoms with Crippen molar-refractivity contribution in [1.82, 2.24) is 9.55 Å². The van der Waals surface area contributed by atoms with E-state index in [1.165, 1.54) is 6.92 Å². The molecule has 2 rings (SSSR count). The molecule has 6 nitrogen and oxygen atoms in total. The molecule has 0 aliphatic heterocycles. The second-order valence-electron chi connectivity index (χ2n) is 4.62. The summed E-state index contributed by atoms with van der Waals surface area (Å²) in [6.45, 7) is 6.82. The van der Waals surface area contributed by atoms with E-state index in [4.69, 9.17) is 4.42 Å². The Labute approximate surface area is 109 Å². The molecule has 2 N–H and O–H groups in total. The Hall–Kier alpha value is -2.24. The lowest BCUT2D eigenvalue weighted by Crippen LogP contribution is -2.33. The molecule has 2 aromatic rings. The lowest BCUT2D eigenvalue weighted by molar-refractivity contribution is 0.382. The van der Waals surface area contributed by atoms with Gasteiger partial charge in [-0.2, -0.15) is 0 Å². The highest BCUT2D eigenvalue weighted by molar-refractivity contribution is 5.28. The summed E-state index contributed by atoms with van der Waals surface area (Å²) in [4.78, 5) is 25.4. The van der Waals surface area contributed by atoms with Crippen LogP contribution in [-0.4, -0.2) is 14.7 Å². The Morgan fingerprint density at radius 2 is 1.95 bits per heavy atom. The van der Waals surface area contributed by atoms with Crippen LogP contribution in [0.1, 0.15) is 35.6 Å². The molecule has 0 amide bonds. The summed E-state index contributed by atoms with van der Waals surface area (Å²) in [6.07, 6.45) is 0. The van der Waals surface area contributed by atoms with E-state index in [9.17, 15) is 14.7 Å². The van der Waals surface area contributed by atoms with Crippen molar-refractivity contribution >= 4 is 0 Å². The predicted molar refractivity (Wildman–Crippen MR) is 69.7 cm³/mol. The maximum absolute atomic E-state index is 11.9. The molecule has 2 aromatic heterocycles. The molecular formula is C13H16N2O4. The Morgan fingerprint density at radius 1 is 1.32 bits per heavy atom. The molecule has 6 heteroatoms. The van der Waals surface area contributed by atoms with Crippen LogP contribution in [0.3, 0.4) is 0 Å². The van der Waals surface area contributed by atoms with Crippen molar-refractivity contribution in [3.8, 4) is 5.88 Å². The van der Waals surface area contributed by atoms with Gasteiger partial charge in [0.15, 0.2) is 0 Å². The fourth-order valence-corrected chi connectivity index (χ4v) is 2.19. The van der Waals surface area contributed by atoms with Crippen LogP contribution in [0.15, 0.2) is 20.1 Å². The van der Waals surface area contributed by atoms with E-state index in [1.807, 2.05) is 13.0 Å². The summed E-state index contributed by atoms with van der Waals surface area (Å²) >= 11 is 0. The molecule has 0 bridgehead atoms. The van der Waals surface area contributed by atoms with Gasteiger partial charge in [-0.25, -0.2) is 4.79 Å². The minimum Gasteiger partial charge on any atom is -0.494 e. The van der Waals surface area contributed by atoms with Gasteiger partial charge in [-0.1, -0.05) is 0 Å². The highest BCUT2D eigenvalue weighted by atomic mass is 16.3. The maximum Gasteiger partial charge on any atom is 0.331 e. The number of hydrogen-bond acceptors (Lipinski definition) is 4. The summed E-state index contributed by atoms with van der Waals surface area (Å²) in [5, 5.41) is 10.0. The fourth-order valence-electron chi connectivity index (χ4n) is 2.19. The average molecular weight is 264 g/mol. The lowest BCUT2D eigenvalue weighted by atomic mass is 10.1. The van der Waals surface area contributed by atoms with Crippen molar-refractivity contribution in [2.45, 2.75) is 33.7 Å². The third-order valence-electron chi connectivity index (χ3n) is 3.26. The highest BCUT2D eigenvalue weighted by Crippen LogP contribution is 2.26. The van der Waals surface area contributed by atoms with Crippen LogP contribution < -0.4 is 11.2 Å². The van der Waals surface area contributed by atoms with Crippen molar-refractivity contribution in [2.24, 2.45) is 0 Å². The van der Waals surface area contributed by atoms with E-state index in [-0.39, 0.29) is 11.4 Å². The number of furan rings is 1. The molecule has 2 heterocycles. The molecule has 0 aromatic carbocycles. The first-order valence-electron chi connectivity index (χ1n) is 5.94. The molecule has 0 aliphatic rings. The van der Waals surface area contributed by atoms with Gasteiger partial charge in [0.1, 0.15) is 11.5 Å². The topological polar surface area (TPSA) is 88.2 Å². The summed E-state index contributed by atoms with van der Waals surface area (Å²) < 4.78 is 6.57. The average Bonchev–Trinajstić information content (AvgIpc) is 2.65. The van der Waals surface area contributed by atoms with Gasteiger partial charge in [0, 0.05) is 5.56 Å². The van der Waals surface area contributed by atoms with E-state index in [1.54, 1.807) is 13.8 Å². The predicted octanol–water partition coefficient (Wildman–Crippen LogP) is 1.37. The Kier molecular flexibility index (Phi) is 3.09. The molecule has 1 unspecified atom stereocenters. The Bertz CT molecular complexity index is 736. The van der Waals surface area contributed by atoms with Gasteiger partial charge in [-0.15, -0.1) is 0 Å². The number of aromatic nitrogens is 2. The Balaban J connectivity index is 2.66. The molecule has 0 aliphatic carbocycles. The van der Waals surface area contributed by atoms with Gasteiger partial charge in [0.05, 0.1) is 11.6 Å². The van der Waals surface area contributed by atoms with Crippen molar-refractivity contribution in [3.63, 3.8) is 0 Å². The number of aromatic hydroxyl groups is 1. The van der Waals surface area contributed by atoms with E-state index >= 15 is 0 Å². The van der Waals surface area contributed by atoms with Gasteiger partial charge >= 0.3 is 5.69 Å². The van der Waals surface area contributed by atoms with Crippen molar-refractivity contribution in [1.29, 1.82) is 0 Å². The molecule has 0 spiro atoms. The van der Waals surface area contributed by atoms with Gasteiger partial charge < -0.3 is 9.52 Å². The zero-order valence-corrected chi connectivity index (χ0v) is 11.3. The van der Waals surface area contributed by atoms with Crippen LogP contribution in [0, 0.1) is 20.8 Å². The van der Waals surface area contributed by atoms with Gasteiger partial charge in [0.25, 0.3) is 5.56 Å². The van der Waals surface area contributed by atoms with Crippen LogP contribution in [0.5, 0.6) is 5.88 Å². The number of aromatic amines is 1. The largest absolute Gasteiger partial charge is 0.494 e. The first-order valence-corrected chi connectivity index (χ1v) is 5.94. The molecule has 19 heavy (non-hydrogen) atoms. The van der Waals surface area contributed by atoms with E-state index in [2.05, 4.69) is 4.98 Å². The second kappa shape index (κ2) is 4.46. The van der Waals surface area contributed by atoms with Gasteiger partial charge in [-0.3, -0.25) is 14.3 Å². The first kappa shape index (κ1) is 13.2. The number of nitrogens with zero attached hydrogens (tertiary/aromatic N) is 1. The van der Waals surface area contributed by atoms with Crippen molar-refractivity contribution in [2.75, 3.05) is 0 Å². The third kappa shape index (κ3) is 2.09. The SMILES string of the molecule is Cc1cc(C(C)n2c(O)c(C)c(=O)[nH]c2=O)c(C)o1. The van der Waals surface area contributed by atoms with Gasteiger partial charge in [-0.05, 0) is 33.8 Å². The monoisotopic (exact) mass is 264 g/mol. The van der Waals surface area contributed by atoms with Crippen LogP contribution in [-0.2, 0) is 0 Å². The zero-order chi connectivity index (χ0) is 14.3. The number of nitrogens with one attached hydrogen (secondary N) is 1. The van der Waals surface area contributed by atoms with Gasteiger partial charge in [0.2, 0.25) is 5.88 Å².